The Labute approximate surface area is 519 Å². The van der Waals surface area contributed by atoms with Crippen LogP contribution in [0.4, 0.5) is 9.59 Å². The molecular formula is C66H81Cl2N7O12. The molecule has 1 aliphatic rings. The smallest absolute Gasteiger partial charge is 0.408 e. The Morgan fingerprint density at radius 1 is 0.563 bits per heavy atom. The second-order valence-corrected chi connectivity index (χ2v) is 24.0. The van der Waals surface area contributed by atoms with Crippen molar-refractivity contribution in [2.75, 3.05) is 13.1 Å². The summed E-state index contributed by atoms with van der Waals surface area (Å²) >= 11 is 12.7. The van der Waals surface area contributed by atoms with Crippen LogP contribution < -0.4 is 36.6 Å². The lowest BCUT2D eigenvalue weighted by atomic mass is 9.99. The highest BCUT2D eigenvalue weighted by atomic mass is 35.5. The highest BCUT2D eigenvalue weighted by Gasteiger charge is 2.40. The van der Waals surface area contributed by atoms with Gasteiger partial charge < -0.3 is 55.7 Å². The Bertz CT molecular complexity index is 3060. The Kier molecular flexibility index (Phi) is 26.3. The first kappa shape index (κ1) is 68.0. The Morgan fingerprint density at radius 3 is 1.68 bits per heavy atom. The van der Waals surface area contributed by atoms with Crippen LogP contribution in [-0.2, 0) is 75.6 Å². The number of nitrogens with one attached hydrogen (secondary N) is 6. The molecule has 1 heterocycles. The molecule has 0 aromatic heterocycles. The molecule has 0 bridgehead atoms. The molecule has 21 heteroatoms. The molecule has 0 aliphatic carbocycles. The van der Waals surface area contributed by atoms with E-state index in [1.165, 1.54) is 4.90 Å². The molecule has 466 valence electrons. The van der Waals surface area contributed by atoms with E-state index in [4.69, 9.17) is 42.1 Å². The van der Waals surface area contributed by atoms with Gasteiger partial charge in [-0.1, -0.05) is 160 Å². The molecule has 5 aromatic rings. The van der Waals surface area contributed by atoms with Crippen molar-refractivity contribution >= 4 is 70.9 Å². The molecule has 6 atom stereocenters. The van der Waals surface area contributed by atoms with Gasteiger partial charge in [-0.05, 0) is 111 Å². The number of ether oxygens (including phenoxy) is 4. The third kappa shape index (κ3) is 22.6. The number of amides is 7. The predicted octanol–water partition coefficient (Wildman–Crippen LogP) is 9.33. The number of carbonyl (C=O) groups is 8. The van der Waals surface area contributed by atoms with E-state index in [-0.39, 0.29) is 70.9 Å². The van der Waals surface area contributed by atoms with E-state index in [1.807, 2.05) is 105 Å². The van der Waals surface area contributed by atoms with Crippen LogP contribution in [0.2, 0.25) is 10.0 Å². The van der Waals surface area contributed by atoms with E-state index < -0.39 is 95.5 Å². The van der Waals surface area contributed by atoms with Crippen molar-refractivity contribution in [3.63, 3.8) is 0 Å². The minimum absolute atomic E-state index is 0.0177. The minimum Gasteiger partial charge on any atom is -0.489 e. The Balaban J connectivity index is 1.20. The zero-order chi connectivity index (χ0) is 63.0. The third-order valence-corrected chi connectivity index (χ3v) is 14.8. The van der Waals surface area contributed by atoms with Crippen molar-refractivity contribution in [1.82, 2.24) is 36.8 Å². The van der Waals surface area contributed by atoms with E-state index in [0.717, 1.165) is 16.7 Å². The lowest BCUT2D eigenvalue weighted by Gasteiger charge is -2.31. The number of hydrogen-bond acceptors (Lipinski definition) is 12. The summed E-state index contributed by atoms with van der Waals surface area (Å²) < 4.78 is 22.6. The van der Waals surface area contributed by atoms with Gasteiger partial charge in [0.2, 0.25) is 29.5 Å². The highest BCUT2D eigenvalue weighted by Crippen LogP contribution is 2.27. The van der Waals surface area contributed by atoms with Crippen LogP contribution in [-0.4, -0.2) is 108 Å². The maximum Gasteiger partial charge on any atom is 0.408 e. The molecule has 5 aromatic carbocycles. The third-order valence-electron chi connectivity index (χ3n) is 14.1. The summed E-state index contributed by atoms with van der Waals surface area (Å²) in [5, 5.41) is 17.6. The molecule has 6 N–H and O–H groups in total. The summed E-state index contributed by atoms with van der Waals surface area (Å²) in [7, 11) is 0. The second-order valence-electron chi connectivity index (χ2n) is 23.2. The number of benzene rings is 5. The number of rotatable bonds is 29. The monoisotopic (exact) mass is 1230 g/mol. The van der Waals surface area contributed by atoms with E-state index in [2.05, 4.69) is 31.9 Å². The standard InChI is InChI=1S/C66H81Cl2N7O12/c1-42(2)36-53(59(77)72-55(38-44-20-11-8-12-21-44)62(80)75-35-19-29-56(75)63(81)85-39-46-22-13-9-14-23-46)71-58(76)52(28-18-34-69-64(82)86-40-47-24-15-10-16-25-47)70-61(79)57(43(3)4)74-60(78)54(73-65(83)87-66(5,6)7)37-45-30-32-48(33-31-45)84-41-49-50(67)26-17-27-51(49)68/h8-17,20-27,30-33,42-43,52-57H,18-19,28-29,34-41H2,1-7H3,(H,69,82)(H,70,79)(H,71,76)(H,72,77)(H,73,83)(H,74,78)/t52-,53-,54+,55+,56-,57-/m0/s1. The molecule has 19 nitrogen and oxygen atoms in total. The molecule has 87 heavy (non-hydrogen) atoms. The maximum absolute atomic E-state index is 14.8. The number of alkyl carbamates (subject to hydrolysis) is 2. The average Bonchev–Trinajstić information content (AvgIpc) is 4.24. The number of carbonyl (C=O) groups excluding carboxylic acids is 8. The van der Waals surface area contributed by atoms with Crippen molar-refractivity contribution in [1.29, 1.82) is 0 Å². The molecule has 7 amide bonds. The highest BCUT2D eigenvalue weighted by molar-refractivity contribution is 6.36. The molecule has 1 saturated heterocycles. The first-order valence-corrected chi connectivity index (χ1v) is 30.1. The van der Waals surface area contributed by atoms with Gasteiger partial charge in [-0.2, -0.15) is 0 Å². The normalized spacial score (nSPS) is 14.7. The van der Waals surface area contributed by atoms with Crippen molar-refractivity contribution < 1.29 is 57.3 Å². The van der Waals surface area contributed by atoms with Crippen molar-refractivity contribution in [3.05, 3.63) is 171 Å². The summed E-state index contributed by atoms with van der Waals surface area (Å²) in [6, 6.07) is 32.2. The molecule has 0 spiro atoms. The average molecular weight is 1240 g/mol. The largest absolute Gasteiger partial charge is 0.489 e. The van der Waals surface area contributed by atoms with E-state index in [9.17, 15) is 38.4 Å². The quantitative estimate of drug-likeness (QED) is 0.0149. The van der Waals surface area contributed by atoms with Gasteiger partial charge in [-0.3, -0.25) is 24.0 Å². The van der Waals surface area contributed by atoms with Gasteiger partial charge in [0.1, 0.15) is 67.4 Å². The fourth-order valence-electron chi connectivity index (χ4n) is 9.63. The number of hydrogen-bond donors (Lipinski definition) is 6. The van der Waals surface area contributed by atoms with E-state index >= 15 is 0 Å². The molecule has 0 radical (unpaired) electrons. The van der Waals surface area contributed by atoms with Crippen LogP contribution in [0.3, 0.4) is 0 Å². The number of halogens is 2. The zero-order valence-electron chi connectivity index (χ0n) is 50.4. The maximum atomic E-state index is 14.8. The molecule has 6 rings (SSSR count). The van der Waals surface area contributed by atoms with E-state index in [1.54, 1.807) is 77.1 Å². The lowest BCUT2D eigenvalue weighted by molar-refractivity contribution is -0.155. The topological polar surface area (TPSA) is 249 Å². The van der Waals surface area contributed by atoms with Crippen molar-refractivity contribution in [2.24, 2.45) is 11.8 Å². The number of nitrogens with zero attached hydrogens (tertiary/aromatic N) is 1. The van der Waals surface area contributed by atoms with Crippen molar-refractivity contribution in [3.8, 4) is 5.75 Å². The van der Waals surface area contributed by atoms with E-state index in [0.29, 0.717) is 39.8 Å². The predicted molar refractivity (Wildman–Crippen MR) is 331 cm³/mol. The Hall–Kier alpha value is -8.16. The summed E-state index contributed by atoms with van der Waals surface area (Å²) in [4.78, 5) is 114. The van der Waals surface area contributed by atoms with Gasteiger partial charge in [0.15, 0.2) is 0 Å². The molecule has 1 fully saturated rings. The fourth-order valence-corrected chi connectivity index (χ4v) is 10.1. The van der Waals surface area contributed by atoms with Crippen LogP contribution in [0.5, 0.6) is 5.75 Å². The first-order valence-electron chi connectivity index (χ1n) is 29.4. The molecule has 1 aliphatic heterocycles. The SMILES string of the molecule is CC(C)C[C@H](NC(=O)[C@H](CCCNC(=O)OCc1ccccc1)NC(=O)[C@@H](NC(=O)[C@@H](Cc1ccc(OCc2c(Cl)cccc2Cl)cc1)NC(=O)OC(C)(C)C)C(C)C)C(=O)N[C@H](Cc1ccccc1)C(=O)N1CCC[C@H]1C(=O)OCc1ccccc1. The summed E-state index contributed by atoms with van der Waals surface area (Å²) in [5.74, 6) is -4.26. The van der Waals surface area contributed by atoms with Crippen LogP contribution in [0.25, 0.3) is 0 Å². The first-order chi connectivity index (χ1) is 41.5. The second kappa shape index (κ2) is 33.7. The summed E-state index contributed by atoms with van der Waals surface area (Å²) in [6.07, 6.45) is -0.481. The number of likely N-dealkylation sites (tertiary alicyclic amines) is 1. The van der Waals surface area contributed by atoms with Gasteiger partial charge in [-0.15, -0.1) is 0 Å². The zero-order valence-corrected chi connectivity index (χ0v) is 51.9. The van der Waals surface area contributed by atoms with Gasteiger partial charge in [0.05, 0.1) is 0 Å². The molecular weight excluding hydrogens is 1150 g/mol. The van der Waals surface area contributed by atoms with Crippen molar-refractivity contribution in [2.45, 2.75) is 155 Å². The van der Waals surface area contributed by atoms with Gasteiger partial charge in [0, 0.05) is 41.5 Å². The summed E-state index contributed by atoms with van der Waals surface area (Å²) in [5.41, 5.74) is 2.60. The fraction of sp³-hybridized carbons (Fsp3) is 0.424. The van der Waals surface area contributed by atoms with Gasteiger partial charge in [-0.25, -0.2) is 14.4 Å². The molecule has 0 unspecified atom stereocenters. The van der Waals surface area contributed by atoms with Gasteiger partial charge >= 0.3 is 18.2 Å². The van der Waals surface area contributed by atoms with Crippen LogP contribution in [0.1, 0.15) is 108 Å². The van der Waals surface area contributed by atoms with Crippen LogP contribution in [0, 0.1) is 11.8 Å². The van der Waals surface area contributed by atoms with Crippen LogP contribution >= 0.6 is 23.2 Å². The Morgan fingerprint density at radius 2 is 1.09 bits per heavy atom. The minimum atomic E-state index is -1.35. The lowest BCUT2D eigenvalue weighted by Crippen LogP contribution is -2.60. The number of esters is 1. The van der Waals surface area contributed by atoms with Gasteiger partial charge in [0.25, 0.3) is 0 Å². The molecule has 0 saturated carbocycles. The van der Waals surface area contributed by atoms with Crippen LogP contribution in [0.15, 0.2) is 133 Å². The summed E-state index contributed by atoms with van der Waals surface area (Å²) in [6.45, 7) is 12.6.